The highest BCUT2D eigenvalue weighted by atomic mass is 32.1. The maximum absolute atomic E-state index is 12.5. The normalized spacial score (nSPS) is 14.2. The van der Waals surface area contributed by atoms with E-state index in [9.17, 15) is 9.59 Å². The number of hydrogen-bond acceptors (Lipinski definition) is 3. The summed E-state index contributed by atoms with van der Waals surface area (Å²) in [7, 11) is 0. The van der Waals surface area contributed by atoms with Crippen molar-refractivity contribution in [2.24, 2.45) is 5.92 Å². The number of anilines is 2. The lowest BCUT2D eigenvalue weighted by Gasteiger charge is -2.21. The van der Waals surface area contributed by atoms with E-state index in [2.05, 4.69) is 29.8 Å². The molecule has 1 saturated carbocycles. The predicted octanol–water partition coefficient (Wildman–Crippen LogP) is 5.46. The Hall–Kier alpha value is -2.73. The number of benzene rings is 2. The smallest absolute Gasteiger partial charge is 0.257 e. The fourth-order valence-corrected chi connectivity index (χ4v) is 3.85. The Balaban J connectivity index is 1.55. The van der Waals surface area contributed by atoms with E-state index in [1.54, 1.807) is 12.1 Å². The molecule has 0 radical (unpaired) electrons. The number of carbonyl (C=O) groups excluding carboxylic acids is 2. The van der Waals surface area contributed by atoms with Crippen LogP contribution >= 0.6 is 12.2 Å². The van der Waals surface area contributed by atoms with Gasteiger partial charge in [-0.25, -0.2) is 0 Å². The van der Waals surface area contributed by atoms with E-state index in [4.69, 9.17) is 12.2 Å². The second-order valence-corrected chi connectivity index (χ2v) is 8.50. The van der Waals surface area contributed by atoms with Gasteiger partial charge >= 0.3 is 0 Å². The quantitative estimate of drug-likeness (QED) is 0.559. The molecule has 1 fully saturated rings. The van der Waals surface area contributed by atoms with Crippen molar-refractivity contribution in [1.29, 1.82) is 0 Å². The van der Waals surface area contributed by atoms with Gasteiger partial charge in [-0.3, -0.25) is 14.9 Å². The Kier molecular flexibility index (Phi) is 7.57. The van der Waals surface area contributed by atoms with Gasteiger partial charge in [0.05, 0.1) is 0 Å². The first kappa shape index (κ1) is 22.0. The van der Waals surface area contributed by atoms with Crippen molar-refractivity contribution in [3.8, 4) is 0 Å². The van der Waals surface area contributed by atoms with Gasteiger partial charge in [0.2, 0.25) is 5.91 Å². The zero-order valence-electron chi connectivity index (χ0n) is 17.5. The van der Waals surface area contributed by atoms with Gasteiger partial charge in [-0.1, -0.05) is 51.3 Å². The number of rotatable bonds is 5. The first-order valence-corrected chi connectivity index (χ1v) is 11.0. The predicted molar refractivity (Wildman–Crippen MR) is 126 cm³/mol. The molecule has 0 atom stereocenters. The minimum atomic E-state index is -0.260. The number of nitrogens with one attached hydrogen (secondary N) is 3. The summed E-state index contributed by atoms with van der Waals surface area (Å²) in [5.41, 5.74) is 3.15. The van der Waals surface area contributed by atoms with Crippen molar-refractivity contribution in [2.75, 3.05) is 10.6 Å². The van der Waals surface area contributed by atoms with Gasteiger partial charge in [-0.2, -0.15) is 0 Å². The van der Waals surface area contributed by atoms with Crippen LogP contribution in [-0.4, -0.2) is 16.9 Å². The van der Waals surface area contributed by atoms with Gasteiger partial charge in [0, 0.05) is 22.9 Å². The van der Waals surface area contributed by atoms with E-state index < -0.39 is 0 Å². The van der Waals surface area contributed by atoms with Crippen LogP contribution < -0.4 is 16.0 Å². The summed E-state index contributed by atoms with van der Waals surface area (Å²) < 4.78 is 0. The molecule has 6 heteroatoms. The fraction of sp³-hybridized carbons (Fsp3) is 0.375. The number of hydrogen-bond donors (Lipinski definition) is 3. The molecule has 0 bridgehead atoms. The van der Waals surface area contributed by atoms with Crippen LogP contribution in [0.2, 0.25) is 0 Å². The summed E-state index contributed by atoms with van der Waals surface area (Å²) >= 11 is 5.28. The van der Waals surface area contributed by atoms with E-state index in [0.717, 1.165) is 25.7 Å². The van der Waals surface area contributed by atoms with Crippen LogP contribution in [0.4, 0.5) is 11.4 Å². The van der Waals surface area contributed by atoms with Crippen LogP contribution in [0.15, 0.2) is 48.5 Å². The maximum Gasteiger partial charge on any atom is 0.257 e. The molecular formula is C24H29N3O2S. The van der Waals surface area contributed by atoms with Crippen molar-refractivity contribution in [2.45, 2.75) is 51.9 Å². The summed E-state index contributed by atoms with van der Waals surface area (Å²) in [5, 5.41) is 8.92. The molecule has 30 heavy (non-hydrogen) atoms. The van der Waals surface area contributed by atoms with E-state index in [-0.39, 0.29) is 22.8 Å². The highest BCUT2D eigenvalue weighted by Crippen LogP contribution is 2.25. The van der Waals surface area contributed by atoms with Crippen LogP contribution in [0, 0.1) is 5.92 Å². The second-order valence-electron chi connectivity index (χ2n) is 8.09. The second kappa shape index (κ2) is 10.3. The molecule has 3 rings (SSSR count). The van der Waals surface area contributed by atoms with E-state index in [0.29, 0.717) is 22.9 Å². The zero-order valence-corrected chi connectivity index (χ0v) is 18.4. The van der Waals surface area contributed by atoms with Crippen molar-refractivity contribution in [1.82, 2.24) is 5.32 Å². The van der Waals surface area contributed by atoms with Crippen LogP contribution in [-0.2, 0) is 4.79 Å². The Labute approximate surface area is 183 Å². The third kappa shape index (κ3) is 6.13. The molecule has 3 N–H and O–H groups in total. The van der Waals surface area contributed by atoms with Gasteiger partial charge in [0.1, 0.15) is 0 Å². The van der Waals surface area contributed by atoms with Crippen LogP contribution in [0.5, 0.6) is 0 Å². The van der Waals surface area contributed by atoms with Gasteiger partial charge in [0.15, 0.2) is 5.11 Å². The largest absolute Gasteiger partial charge is 0.332 e. The SMILES string of the molecule is CC(C)c1ccc(C(=O)NC(=S)Nc2cccc(NC(=O)C3CCCCC3)c2)cc1. The zero-order chi connectivity index (χ0) is 21.5. The molecule has 0 aliphatic heterocycles. The Morgan fingerprint density at radius 1 is 0.933 bits per heavy atom. The average Bonchev–Trinajstić information content (AvgIpc) is 2.74. The summed E-state index contributed by atoms with van der Waals surface area (Å²) in [4.78, 5) is 24.9. The molecule has 0 heterocycles. The third-order valence-electron chi connectivity index (χ3n) is 5.43. The standard InChI is InChI=1S/C24H29N3O2S/c1-16(2)17-11-13-19(14-12-17)23(29)27-24(30)26-21-10-6-9-20(15-21)25-22(28)18-7-4-3-5-8-18/h6,9-16,18H,3-5,7-8H2,1-2H3,(H,25,28)(H2,26,27,29,30). The summed E-state index contributed by atoms with van der Waals surface area (Å²) in [6.07, 6.45) is 5.37. The lowest BCUT2D eigenvalue weighted by atomic mass is 9.88. The van der Waals surface area contributed by atoms with E-state index in [1.165, 1.54) is 12.0 Å². The molecular weight excluding hydrogens is 394 g/mol. The summed E-state index contributed by atoms with van der Waals surface area (Å²) in [6, 6.07) is 14.9. The topological polar surface area (TPSA) is 70.2 Å². The van der Waals surface area contributed by atoms with E-state index >= 15 is 0 Å². The molecule has 0 spiro atoms. The third-order valence-corrected chi connectivity index (χ3v) is 5.63. The van der Waals surface area contributed by atoms with Crippen LogP contribution in [0.1, 0.15) is 67.8 Å². The van der Waals surface area contributed by atoms with Gasteiger partial charge in [-0.05, 0) is 66.9 Å². The summed E-state index contributed by atoms with van der Waals surface area (Å²) in [5.74, 6) is 0.325. The molecule has 2 aromatic carbocycles. The first-order chi connectivity index (χ1) is 14.4. The van der Waals surface area contributed by atoms with E-state index in [1.807, 2.05) is 36.4 Å². The maximum atomic E-state index is 12.5. The molecule has 158 valence electrons. The average molecular weight is 424 g/mol. The minimum Gasteiger partial charge on any atom is -0.332 e. The fourth-order valence-electron chi connectivity index (χ4n) is 3.64. The lowest BCUT2D eigenvalue weighted by Crippen LogP contribution is -2.34. The van der Waals surface area contributed by atoms with Crippen molar-refractivity contribution >= 4 is 40.5 Å². The van der Waals surface area contributed by atoms with Gasteiger partial charge in [0.25, 0.3) is 5.91 Å². The first-order valence-electron chi connectivity index (χ1n) is 10.6. The van der Waals surface area contributed by atoms with Gasteiger partial charge < -0.3 is 10.6 Å². The Bertz CT molecular complexity index is 903. The van der Waals surface area contributed by atoms with Gasteiger partial charge in [-0.15, -0.1) is 0 Å². The lowest BCUT2D eigenvalue weighted by molar-refractivity contribution is -0.120. The van der Waals surface area contributed by atoms with Crippen molar-refractivity contribution < 1.29 is 9.59 Å². The molecule has 2 amide bonds. The number of thiocarbonyl (C=S) groups is 1. The minimum absolute atomic E-state index is 0.0765. The number of carbonyl (C=O) groups is 2. The molecule has 1 aliphatic carbocycles. The molecule has 0 saturated heterocycles. The van der Waals surface area contributed by atoms with Crippen molar-refractivity contribution in [3.63, 3.8) is 0 Å². The molecule has 2 aromatic rings. The molecule has 1 aliphatic rings. The Morgan fingerprint density at radius 2 is 1.57 bits per heavy atom. The molecule has 0 aromatic heterocycles. The van der Waals surface area contributed by atoms with Crippen molar-refractivity contribution in [3.05, 3.63) is 59.7 Å². The van der Waals surface area contributed by atoms with Crippen LogP contribution in [0.3, 0.4) is 0 Å². The number of amides is 2. The Morgan fingerprint density at radius 3 is 2.20 bits per heavy atom. The highest BCUT2D eigenvalue weighted by Gasteiger charge is 2.21. The van der Waals surface area contributed by atoms with Crippen LogP contribution in [0.25, 0.3) is 0 Å². The monoisotopic (exact) mass is 423 g/mol. The molecule has 0 unspecified atom stereocenters. The molecule has 5 nitrogen and oxygen atoms in total. The summed E-state index contributed by atoms with van der Waals surface area (Å²) in [6.45, 7) is 4.22. The highest BCUT2D eigenvalue weighted by molar-refractivity contribution is 7.80.